The number of hydrogen-bond donors (Lipinski definition) is 1. The lowest BCUT2D eigenvalue weighted by Gasteiger charge is -2.01. The SMILES string of the molecule is O=C(NCc1nn2c(C3CC3)nnc2s1)c1cccnc1. The first-order valence-electron chi connectivity index (χ1n) is 6.70. The lowest BCUT2D eigenvalue weighted by Crippen LogP contribution is -2.22. The van der Waals surface area contributed by atoms with Crippen LogP contribution in [0.25, 0.3) is 4.96 Å². The topological polar surface area (TPSA) is 85.1 Å². The number of nitrogens with one attached hydrogen (secondary N) is 1. The van der Waals surface area contributed by atoms with Crippen LogP contribution in [0.5, 0.6) is 0 Å². The highest BCUT2D eigenvalue weighted by Crippen LogP contribution is 2.39. The smallest absolute Gasteiger partial charge is 0.253 e. The Morgan fingerprint density at radius 3 is 3.10 bits per heavy atom. The van der Waals surface area contributed by atoms with Gasteiger partial charge in [0.2, 0.25) is 4.96 Å². The van der Waals surface area contributed by atoms with Gasteiger partial charge in [0.1, 0.15) is 5.01 Å². The van der Waals surface area contributed by atoms with Gasteiger partial charge in [-0.15, -0.1) is 10.2 Å². The average Bonchev–Trinajstić information content (AvgIpc) is 3.16. The number of hydrogen-bond acceptors (Lipinski definition) is 6. The molecule has 1 saturated carbocycles. The van der Waals surface area contributed by atoms with Gasteiger partial charge in [0, 0.05) is 18.3 Å². The zero-order chi connectivity index (χ0) is 14.2. The van der Waals surface area contributed by atoms with Gasteiger partial charge in [-0.05, 0) is 25.0 Å². The maximum absolute atomic E-state index is 11.9. The molecule has 0 saturated heterocycles. The van der Waals surface area contributed by atoms with Gasteiger partial charge >= 0.3 is 0 Å². The molecule has 0 aliphatic heterocycles. The summed E-state index contributed by atoms with van der Waals surface area (Å²) in [6.07, 6.45) is 5.49. The summed E-state index contributed by atoms with van der Waals surface area (Å²) in [5.41, 5.74) is 0.541. The molecule has 1 amide bonds. The summed E-state index contributed by atoms with van der Waals surface area (Å²) in [7, 11) is 0. The van der Waals surface area contributed by atoms with Crippen LogP contribution in [0.15, 0.2) is 24.5 Å². The van der Waals surface area contributed by atoms with Gasteiger partial charge in [-0.25, -0.2) is 0 Å². The van der Waals surface area contributed by atoms with Crippen molar-refractivity contribution in [2.75, 3.05) is 0 Å². The third kappa shape index (κ3) is 2.38. The van der Waals surface area contributed by atoms with Crippen LogP contribution in [0.1, 0.15) is 39.9 Å². The highest BCUT2D eigenvalue weighted by molar-refractivity contribution is 7.16. The van der Waals surface area contributed by atoms with Crippen LogP contribution >= 0.6 is 11.3 Å². The number of fused-ring (bicyclic) bond motifs is 1. The molecule has 1 aliphatic rings. The number of carbonyl (C=O) groups is 1. The maximum Gasteiger partial charge on any atom is 0.253 e. The van der Waals surface area contributed by atoms with Crippen LogP contribution in [-0.4, -0.2) is 30.7 Å². The van der Waals surface area contributed by atoms with Crippen molar-refractivity contribution in [2.24, 2.45) is 0 Å². The van der Waals surface area contributed by atoms with Gasteiger partial charge in [-0.1, -0.05) is 11.3 Å². The van der Waals surface area contributed by atoms with E-state index < -0.39 is 0 Å². The Balaban J connectivity index is 1.48. The first kappa shape index (κ1) is 12.4. The van der Waals surface area contributed by atoms with Crippen molar-refractivity contribution < 1.29 is 4.79 Å². The quantitative estimate of drug-likeness (QED) is 0.787. The minimum Gasteiger partial charge on any atom is -0.345 e. The summed E-state index contributed by atoms with van der Waals surface area (Å²) >= 11 is 1.45. The van der Waals surface area contributed by atoms with Crippen LogP contribution in [0, 0.1) is 0 Å². The van der Waals surface area contributed by atoms with Gasteiger partial charge in [-0.3, -0.25) is 9.78 Å². The lowest BCUT2D eigenvalue weighted by atomic mass is 10.3. The maximum atomic E-state index is 11.9. The minimum atomic E-state index is -0.156. The summed E-state index contributed by atoms with van der Waals surface area (Å²) < 4.78 is 1.80. The summed E-state index contributed by atoms with van der Waals surface area (Å²) in [6.45, 7) is 0.381. The molecule has 1 fully saturated rings. The summed E-state index contributed by atoms with van der Waals surface area (Å²) in [5.74, 6) is 1.28. The van der Waals surface area contributed by atoms with E-state index in [1.165, 1.54) is 11.3 Å². The molecule has 4 rings (SSSR count). The Kier molecular flexibility index (Phi) is 2.88. The van der Waals surface area contributed by atoms with Gasteiger partial charge in [-0.2, -0.15) is 9.61 Å². The molecule has 3 aromatic rings. The molecule has 106 valence electrons. The number of nitrogens with zero attached hydrogens (tertiary/aromatic N) is 5. The monoisotopic (exact) mass is 300 g/mol. The predicted molar refractivity (Wildman–Crippen MR) is 76.0 cm³/mol. The fraction of sp³-hybridized carbons (Fsp3) is 0.308. The van der Waals surface area contributed by atoms with E-state index in [4.69, 9.17) is 0 Å². The molecule has 1 N–H and O–H groups in total. The van der Waals surface area contributed by atoms with Crippen molar-refractivity contribution in [1.82, 2.24) is 30.1 Å². The van der Waals surface area contributed by atoms with E-state index in [2.05, 4.69) is 25.6 Å². The fourth-order valence-electron chi connectivity index (χ4n) is 2.09. The number of aromatic nitrogens is 5. The van der Waals surface area contributed by atoms with Crippen molar-refractivity contribution in [3.8, 4) is 0 Å². The number of carbonyl (C=O) groups excluding carboxylic acids is 1. The van der Waals surface area contributed by atoms with Crippen molar-refractivity contribution in [1.29, 1.82) is 0 Å². The summed E-state index contributed by atoms with van der Waals surface area (Å²) in [4.78, 5) is 16.7. The van der Waals surface area contributed by atoms with Crippen molar-refractivity contribution in [2.45, 2.75) is 25.3 Å². The Bertz CT molecular complexity index is 791. The van der Waals surface area contributed by atoms with E-state index in [0.29, 0.717) is 18.0 Å². The van der Waals surface area contributed by atoms with Gasteiger partial charge in [0.15, 0.2) is 5.82 Å². The van der Waals surface area contributed by atoms with Crippen molar-refractivity contribution in [3.63, 3.8) is 0 Å². The molecular formula is C13H12N6OS. The Morgan fingerprint density at radius 2 is 2.33 bits per heavy atom. The van der Waals surface area contributed by atoms with Crippen LogP contribution in [-0.2, 0) is 6.54 Å². The van der Waals surface area contributed by atoms with E-state index in [1.54, 1.807) is 29.0 Å². The van der Waals surface area contributed by atoms with Crippen LogP contribution in [0.3, 0.4) is 0 Å². The molecular weight excluding hydrogens is 288 g/mol. The molecule has 3 heterocycles. The first-order valence-corrected chi connectivity index (χ1v) is 7.52. The standard InChI is InChI=1S/C13H12N6OS/c20-12(9-2-1-5-14-6-9)15-7-10-18-19-11(8-3-4-8)16-17-13(19)21-10/h1-2,5-6,8H,3-4,7H2,(H,15,20). The fourth-order valence-corrected chi connectivity index (χ4v) is 2.87. The second-order valence-electron chi connectivity index (χ2n) is 4.95. The predicted octanol–water partition coefficient (Wildman–Crippen LogP) is 1.39. The van der Waals surface area contributed by atoms with Crippen molar-refractivity contribution in [3.05, 3.63) is 40.9 Å². The third-order valence-corrected chi connectivity index (χ3v) is 4.22. The molecule has 21 heavy (non-hydrogen) atoms. The van der Waals surface area contributed by atoms with Gasteiger partial charge < -0.3 is 5.32 Å². The Labute approximate surface area is 124 Å². The molecule has 1 aliphatic carbocycles. The molecule has 0 unspecified atom stereocenters. The number of pyridine rings is 1. The van der Waals surface area contributed by atoms with E-state index >= 15 is 0 Å². The molecule has 7 nitrogen and oxygen atoms in total. The average molecular weight is 300 g/mol. The summed E-state index contributed by atoms with van der Waals surface area (Å²) in [6, 6.07) is 3.46. The highest BCUT2D eigenvalue weighted by Gasteiger charge is 2.30. The van der Waals surface area contributed by atoms with Gasteiger partial charge in [0.05, 0.1) is 12.1 Å². The van der Waals surface area contributed by atoms with Crippen molar-refractivity contribution >= 4 is 22.2 Å². The molecule has 3 aromatic heterocycles. The molecule has 0 spiro atoms. The number of rotatable bonds is 4. The number of amides is 1. The largest absolute Gasteiger partial charge is 0.345 e. The second kappa shape index (κ2) is 4.88. The summed E-state index contributed by atoms with van der Waals surface area (Å²) in [5, 5.41) is 16.4. The zero-order valence-electron chi connectivity index (χ0n) is 11.1. The Hall–Kier alpha value is -2.35. The van der Waals surface area contributed by atoms with Crippen LogP contribution < -0.4 is 5.32 Å². The molecule has 0 atom stereocenters. The van der Waals surface area contributed by atoms with E-state index in [1.807, 2.05) is 0 Å². The Morgan fingerprint density at radius 1 is 1.43 bits per heavy atom. The molecule has 0 radical (unpaired) electrons. The molecule has 8 heteroatoms. The minimum absolute atomic E-state index is 0.156. The normalized spacial score (nSPS) is 14.5. The highest BCUT2D eigenvalue weighted by atomic mass is 32.1. The third-order valence-electron chi connectivity index (χ3n) is 3.32. The zero-order valence-corrected chi connectivity index (χ0v) is 11.9. The van der Waals surface area contributed by atoms with E-state index in [-0.39, 0.29) is 5.91 Å². The lowest BCUT2D eigenvalue weighted by molar-refractivity contribution is 0.0950. The molecule has 0 bridgehead atoms. The second-order valence-corrected chi connectivity index (χ2v) is 5.99. The van der Waals surface area contributed by atoms with E-state index in [0.717, 1.165) is 28.6 Å². The van der Waals surface area contributed by atoms with Crippen LogP contribution in [0.4, 0.5) is 0 Å². The first-order chi connectivity index (χ1) is 10.3. The van der Waals surface area contributed by atoms with Crippen LogP contribution in [0.2, 0.25) is 0 Å². The van der Waals surface area contributed by atoms with Gasteiger partial charge in [0.25, 0.3) is 5.91 Å². The molecule has 0 aromatic carbocycles. The van der Waals surface area contributed by atoms with E-state index in [9.17, 15) is 4.79 Å².